The number of sulfonamides is 1. The van der Waals surface area contributed by atoms with Gasteiger partial charge in [-0.15, -0.1) is 0 Å². The highest BCUT2D eigenvalue weighted by Gasteiger charge is 2.27. The van der Waals surface area contributed by atoms with Crippen LogP contribution in [0.5, 0.6) is 0 Å². The van der Waals surface area contributed by atoms with Gasteiger partial charge in [0.15, 0.2) is 0 Å². The number of carbonyl (C=O) groups is 1. The van der Waals surface area contributed by atoms with E-state index in [0.29, 0.717) is 26.2 Å². The zero-order chi connectivity index (χ0) is 20.7. The Hall–Kier alpha value is -2.48. The molecule has 29 heavy (non-hydrogen) atoms. The molecule has 6 nitrogen and oxygen atoms in total. The molecule has 1 amide bonds. The fourth-order valence-electron chi connectivity index (χ4n) is 3.22. The van der Waals surface area contributed by atoms with Crippen molar-refractivity contribution in [2.24, 2.45) is 0 Å². The lowest BCUT2D eigenvalue weighted by atomic mass is 10.1. The molecule has 154 valence electrons. The van der Waals surface area contributed by atoms with Crippen molar-refractivity contribution in [3.63, 3.8) is 0 Å². The van der Waals surface area contributed by atoms with Gasteiger partial charge >= 0.3 is 0 Å². The Morgan fingerprint density at radius 2 is 1.59 bits per heavy atom. The van der Waals surface area contributed by atoms with Gasteiger partial charge in [-0.2, -0.15) is 4.31 Å². The van der Waals surface area contributed by atoms with E-state index < -0.39 is 10.0 Å². The largest absolute Gasteiger partial charge is 0.339 e. The molecule has 0 spiro atoms. The molecule has 1 aliphatic rings. The molecule has 0 saturated carbocycles. The van der Waals surface area contributed by atoms with Crippen molar-refractivity contribution in [3.8, 4) is 0 Å². The van der Waals surface area contributed by atoms with Gasteiger partial charge in [0.25, 0.3) is 0 Å². The molecule has 0 bridgehead atoms. The van der Waals surface area contributed by atoms with Crippen LogP contribution in [-0.2, 0) is 14.8 Å². The third-order valence-corrected chi connectivity index (χ3v) is 6.61. The van der Waals surface area contributed by atoms with Gasteiger partial charge in [0, 0.05) is 37.6 Å². The summed E-state index contributed by atoms with van der Waals surface area (Å²) in [5, 5.41) is 4.48. The molecule has 1 fully saturated rings. The summed E-state index contributed by atoms with van der Waals surface area (Å²) < 4.78 is 26.5. The first-order chi connectivity index (χ1) is 14.0. The predicted octanol–water partition coefficient (Wildman–Crippen LogP) is 2.48. The van der Waals surface area contributed by atoms with Crippen LogP contribution in [0.4, 0.5) is 0 Å². The van der Waals surface area contributed by atoms with Gasteiger partial charge in [-0.25, -0.2) is 8.42 Å². The van der Waals surface area contributed by atoms with Crippen LogP contribution in [0.3, 0.4) is 0 Å². The van der Waals surface area contributed by atoms with Gasteiger partial charge in [0.2, 0.25) is 15.9 Å². The van der Waals surface area contributed by atoms with Crippen LogP contribution >= 0.6 is 0 Å². The van der Waals surface area contributed by atoms with Crippen molar-refractivity contribution in [3.05, 3.63) is 77.2 Å². The van der Waals surface area contributed by atoms with Gasteiger partial charge in [-0.1, -0.05) is 60.7 Å². The van der Waals surface area contributed by atoms with E-state index in [2.05, 4.69) is 5.32 Å². The van der Waals surface area contributed by atoms with Crippen molar-refractivity contribution in [2.45, 2.75) is 13.0 Å². The van der Waals surface area contributed by atoms with Crippen molar-refractivity contribution < 1.29 is 13.2 Å². The number of hydrogen-bond donors (Lipinski definition) is 1. The van der Waals surface area contributed by atoms with Crippen molar-refractivity contribution in [2.75, 3.05) is 32.7 Å². The lowest BCUT2D eigenvalue weighted by molar-refractivity contribution is -0.131. The average Bonchev–Trinajstić information content (AvgIpc) is 2.77. The van der Waals surface area contributed by atoms with E-state index in [1.807, 2.05) is 67.6 Å². The number of hydrogen-bond acceptors (Lipinski definition) is 4. The molecule has 2 aromatic rings. The summed E-state index contributed by atoms with van der Waals surface area (Å²) in [6, 6.07) is 19.4. The standard InChI is InChI=1S/C22H27N3O3S/c1-19(21-10-6-3-7-11-21)23-18-22(26)24-13-15-25(16-14-24)29(27,28)17-12-20-8-4-2-5-9-20/h2-12,17,19,23H,13-16,18H2,1H3/b17-12+/t19-/m1/s1. The normalized spacial score (nSPS) is 16.8. The Morgan fingerprint density at radius 3 is 2.21 bits per heavy atom. The molecule has 3 rings (SSSR count). The minimum Gasteiger partial charge on any atom is -0.339 e. The summed E-state index contributed by atoms with van der Waals surface area (Å²) in [5.74, 6) is -0.00958. The van der Waals surface area contributed by atoms with Crippen molar-refractivity contribution >= 4 is 22.0 Å². The van der Waals surface area contributed by atoms with E-state index in [1.54, 1.807) is 11.0 Å². The van der Waals surface area contributed by atoms with Gasteiger partial charge in [0.1, 0.15) is 0 Å². The molecule has 0 radical (unpaired) electrons. The molecule has 1 N–H and O–H groups in total. The zero-order valence-corrected chi connectivity index (χ0v) is 17.4. The quantitative estimate of drug-likeness (QED) is 0.757. The highest BCUT2D eigenvalue weighted by atomic mass is 32.2. The summed E-state index contributed by atoms with van der Waals surface area (Å²) in [4.78, 5) is 14.2. The first kappa shape index (κ1) is 21.2. The average molecular weight is 414 g/mol. The van der Waals surface area contributed by atoms with Crippen molar-refractivity contribution in [1.82, 2.24) is 14.5 Å². The fraction of sp³-hybridized carbons (Fsp3) is 0.318. The molecule has 1 saturated heterocycles. The lowest BCUT2D eigenvalue weighted by Crippen LogP contribution is -2.52. The monoisotopic (exact) mass is 413 g/mol. The second-order valence-corrected chi connectivity index (χ2v) is 8.87. The summed E-state index contributed by atoms with van der Waals surface area (Å²) in [5.41, 5.74) is 1.96. The second-order valence-electron chi connectivity index (χ2n) is 7.05. The SMILES string of the molecule is C[C@@H](NCC(=O)N1CCN(S(=O)(=O)/C=C/c2ccccc2)CC1)c1ccccc1. The Balaban J connectivity index is 1.48. The van der Waals surface area contributed by atoms with Crippen LogP contribution in [-0.4, -0.2) is 56.3 Å². The van der Waals surface area contributed by atoms with Crippen LogP contribution in [0.15, 0.2) is 66.1 Å². The molecule has 2 aromatic carbocycles. The van der Waals surface area contributed by atoms with E-state index in [4.69, 9.17) is 0 Å². The maximum absolute atomic E-state index is 12.5. The van der Waals surface area contributed by atoms with Gasteiger partial charge in [0.05, 0.1) is 6.54 Å². The van der Waals surface area contributed by atoms with Crippen LogP contribution in [0.2, 0.25) is 0 Å². The Kier molecular flexibility index (Phi) is 7.19. The smallest absolute Gasteiger partial charge is 0.236 e. The molecule has 1 heterocycles. The van der Waals surface area contributed by atoms with Gasteiger partial charge < -0.3 is 10.2 Å². The minimum atomic E-state index is -3.49. The van der Waals surface area contributed by atoms with E-state index in [1.165, 1.54) is 9.71 Å². The topological polar surface area (TPSA) is 69.7 Å². The summed E-state index contributed by atoms with van der Waals surface area (Å²) in [6.07, 6.45) is 1.60. The maximum atomic E-state index is 12.5. The molecule has 0 aliphatic carbocycles. The van der Waals surface area contributed by atoms with Gasteiger partial charge in [-0.3, -0.25) is 4.79 Å². The Bertz CT molecular complexity index is 922. The molecule has 1 aliphatic heterocycles. The molecule has 1 atom stereocenters. The number of amides is 1. The molecule has 0 aromatic heterocycles. The summed E-state index contributed by atoms with van der Waals surface area (Å²) >= 11 is 0. The number of benzene rings is 2. The van der Waals surface area contributed by atoms with Crippen LogP contribution < -0.4 is 5.32 Å². The van der Waals surface area contributed by atoms with Crippen LogP contribution in [0.25, 0.3) is 6.08 Å². The van der Waals surface area contributed by atoms with Gasteiger partial charge in [-0.05, 0) is 24.1 Å². The maximum Gasteiger partial charge on any atom is 0.236 e. The molecular weight excluding hydrogens is 386 g/mol. The third-order valence-electron chi connectivity index (χ3n) is 5.04. The van der Waals surface area contributed by atoms with E-state index in [-0.39, 0.29) is 18.5 Å². The highest BCUT2D eigenvalue weighted by Crippen LogP contribution is 2.13. The molecule has 0 unspecified atom stereocenters. The number of nitrogens with zero attached hydrogens (tertiary/aromatic N) is 2. The van der Waals surface area contributed by atoms with Crippen LogP contribution in [0, 0.1) is 0 Å². The first-order valence-corrected chi connectivity index (χ1v) is 11.3. The summed E-state index contributed by atoms with van der Waals surface area (Å²) in [6.45, 7) is 3.67. The third kappa shape index (κ3) is 6.00. The lowest BCUT2D eigenvalue weighted by Gasteiger charge is -2.33. The number of nitrogens with one attached hydrogen (secondary N) is 1. The number of piperazine rings is 1. The number of rotatable bonds is 7. The van der Waals surface area contributed by atoms with E-state index >= 15 is 0 Å². The number of carbonyl (C=O) groups excluding carboxylic acids is 1. The van der Waals surface area contributed by atoms with Crippen LogP contribution in [0.1, 0.15) is 24.1 Å². The predicted molar refractivity (Wildman–Crippen MR) is 115 cm³/mol. The highest BCUT2D eigenvalue weighted by molar-refractivity contribution is 7.92. The Labute approximate surface area is 172 Å². The first-order valence-electron chi connectivity index (χ1n) is 9.75. The molecule has 7 heteroatoms. The van der Waals surface area contributed by atoms with E-state index in [9.17, 15) is 13.2 Å². The van der Waals surface area contributed by atoms with Crippen molar-refractivity contribution in [1.29, 1.82) is 0 Å². The zero-order valence-electron chi connectivity index (χ0n) is 16.6. The molecular formula is C22H27N3O3S. The minimum absolute atomic E-state index is 0.00958. The second kappa shape index (κ2) is 9.82. The summed E-state index contributed by atoms with van der Waals surface area (Å²) in [7, 11) is -3.49. The van der Waals surface area contributed by atoms with E-state index in [0.717, 1.165) is 11.1 Å². The Morgan fingerprint density at radius 1 is 1.00 bits per heavy atom. The fourth-order valence-corrected chi connectivity index (χ4v) is 4.39.